The van der Waals surface area contributed by atoms with Crippen molar-refractivity contribution in [2.24, 2.45) is 0 Å². The molecule has 7 nitrogen and oxygen atoms in total. The minimum atomic E-state index is -4.73. The van der Waals surface area contributed by atoms with E-state index in [2.05, 4.69) is 10.3 Å². The monoisotopic (exact) mass is 440 g/mol. The molecule has 0 saturated heterocycles. The lowest BCUT2D eigenvalue weighted by atomic mass is 10.2. The number of hydrogen-bond acceptors (Lipinski definition) is 4. The van der Waals surface area contributed by atoms with E-state index < -0.39 is 34.5 Å². The van der Waals surface area contributed by atoms with Gasteiger partial charge in [-0.2, -0.15) is 13.2 Å². The number of benzene rings is 2. The molecule has 1 aromatic heterocycles. The maximum atomic E-state index is 13.4. The predicted molar refractivity (Wildman–Crippen MR) is 104 cm³/mol. The van der Waals surface area contributed by atoms with Crippen LogP contribution in [0.1, 0.15) is 11.4 Å². The van der Waals surface area contributed by atoms with Gasteiger partial charge in [0.05, 0.1) is 15.9 Å². The third-order valence-corrected chi connectivity index (χ3v) is 6.33. The summed E-state index contributed by atoms with van der Waals surface area (Å²) in [5.74, 6) is -1.88. The minimum Gasteiger partial charge on any atom is -0.350 e. The number of halogens is 3. The molecular weight excluding hydrogens is 421 g/mol. The van der Waals surface area contributed by atoms with Gasteiger partial charge in [0.25, 0.3) is 0 Å². The molecule has 1 N–H and O–H groups in total. The summed E-state index contributed by atoms with van der Waals surface area (Å²) in [6, 6.07) is 12.1. The molecule has 0 unspecified atom stereocenters. The molecule has 0 atom stereocenters. The number of rotatable bonds is 6. The van der Waals surface area contributed by atoms with E-state index in [9.17, 15) is 26.4 Å². The Bertz CT molecular complexity index is 1190. The summed E-state index contributed by atoms with van der Waals surface area (Å²) in [5, 5.41) is 2.49. The number of nitrogens with one attached hydrogen (secondary N) is 1. The Hall–Kier alpha value is -2.92. The minimum absolute atomic E-state index is 0.0133. The van der Waals surface area contributed by atoms with E-state index in [1.807, 2.05) is 0 Å². The molecule has 1 amide bonds. The van der Waals surface area contributed by atoms with Crippen molar-refractivity contribution >= 4 is 27.0 Å². The van der Waals surface area contributed by atoms with Gasteiger partial charge in [-0.1, -0.05) is 30.3 Å². The molecule has 0 aliphatic rings. The molecule has 0 bridgehead atoms. The van der Waals surface area contributed by atoms with Gasteiger partial charge >= 0.3 is 6.18 Å². The Morgan fingerprint density at radius 3 is 2.40 bits per heavy atom. The second-order valence-corrected chi connectivity index (χ2v) is 8.80. The highest BCUT2D eigenvalue weighted by Gasteiger charge is 2.38. The van der Waals surface area contributed by atoms with Crippen LogP contribution in [0.15, 0.2) is 53.4 Å². The summed E-state index contributed by atoms with van der Waals surface area (Å²) >= 11 is 0. The molecule has 0 radical (unpaired) electrons. The Morgan fingerprint density at radius 2 is 1.73 bits per heavy atom. The first-order chi connectivity index (χ1) is 14.0. The number of para-hydroxylation sites is 2. The molecular formula is C19H19F3N4O3S. The summed E-state index contributed by atoms with van der Waals surface area (Å²) in [7, 11) is -0.977. The van der Waals surface area contributed by atoms with E-state index in [0.29, 0.717) is 5.56 Å². The molecule has 3 rings (SSSR count). The number of imidazole rings is 1. The fourth-order valence-electron chi connectivity index (χ4n) is 2.94. The van der Waals surface area contributed by atoms with Crippen molar-refractivity contribution in [1.82, 2.24) is 19.2 Å². The predicted octanol–water partition coefficient (Wildman–Crippen LogP) is 2.62. The standard InChI is InChI=1S/C19H19F3N4O3S/c1-25(2)30(28,29)16-10-6-3-7-13(16)11-23-17(27)12-26-15-9-5-4-8-14(15)24-18(26)19(20,21)22/h3-10H,11-12H2,1-2H3,(H,23,27). The molecule has 1 heterocycles. The highest BCUT2D eigenvalue weighted by atomic mass is 32.2. The number of carbonyl (C=O) groups is 1. The first-order valence-corrected chi connectivity index (χ1v) is 10.3. The number of alkyl halides is 3. The largest absolute Gasteiger partial charge is 0.449 e. The number of sulfonamides is 1. The smallest absolute Gasteiger partial charge is 0.350 e. The highest BCUT2D eigenvalue weighted by molar-refractivity contribution is 7.89. The van der Waals surface area contributed by atoms with E-state index >= 15 is 0 Å². The lowest BCUT2D eigenvalue weighted by molar-refractivity contribution is -0.147. The number of nitrogens with zero attached hydrogens (tertiary/aromatic N) is 3. The molecule has 0 spiro atoms. The Labute approximate surface area is 171 Å². The number of hydrogen-bond donors (Lipinski definition) is 1. The Kier molecular flexibility index (Phi) is 5.86. The molecule has 0 aliphatic carbocycles. The lowest BCUT2D eigenvalue weighted by Crippen LogP contribution is -2.30. The zero-order valence-electron chi connectivity index (χ0n) is 16.1. The van der Waals surface area contributed by atoms with E-state index in [1.165, 1.54) is 38.4 Å². The van der Waals surface area contributed by atoms with E-state index in [0.717, 1.165) is 8.87 Å². The van der Waals surface area contributed by atoms with Crippen LogP contribution < -0.4 is 5.32 Å². The van der Waals surface area contributed by atoms with Gasteiger partial charge in [-0.3, -0.25) is 4.79 Å². The summed E-state index contributed by atoms with van der Waals surface area (Å²) < 4.78 is 66.8. The van der Waals surface area contributed by atoms with Gasteiger partial charge in [0.15, 0.2) is 0 Å². The van der Waals surface area contributed by atoms with Gasteiger partial charge in [-0.05, 0) is 23.8 Å². The summed E-state index contributed by atoms with van der Waals surface area (Å²) in [4.78, 5) is 16.0. The van der Waals surface area contributed by atoms with Gasteiger partial charge in [0.1, 0.15) is 6.54 Å². The van der Waals surface area contributed by atoms with Crippen molar-refractivity contribution in [3.8, 4) is 0 Å². The van der Waals surface area contributed by atoms with Gasteiger partial charge in [0, 0.05) is 20.6 Å². The number of fused-ring (bicyclic) bond motifs is 1. The molecule has 0 aliphatic heterocycles. The fraction of sp³-hybridized carbons (Fsp3) is 0.263. The van der Waals surface area contributed by atoms with Crippen molar-refractivity contribution in [3.63, 3.8) is 0 Å². The number of amides is 1. The summed E-state index contributed by atoms with van der Waals surface area (Å²) in [6.07, 6.45) is -4.73. The first kappa shape index (κ1) is 21.8. The average Bonchev–Trinajstić information content (AvgIpc) is 3.05. The van der Waals surface area contributed by atoms with Crippen molar-refractivity contribution in [1.29, 1.82) is 0 Å². The van der Waals surface area contributed by atoms with Gasteiger partial charge in [0.2, 0.25) is 21.8 Å². The molecule has 0 saturated carbocycles. The summed E-state index contributed by atoms with van der Waals surface area (Å²) in [6.45, 7) is -0.770. The van der Waals surface area contributed by atoms with Gasteiger partial charge < -0.3 is 9.88 Å². The van der Waals surface area contributed by atoms with E-state index in [1.54, 1.807) is 24.3 Å². The average molecular weight is 440 g/mol. The normalized spacial score (nSPS) is 12.5. The second-order valence-electron chi connectivity index (χ2n) is 6.68. The first-order valence-electron chi connectivity index (χ1n) is 8.81. The van der Waals surface area contributed by atoms with E-state index in [-0.39, 0.29) is 22.5 Å². The van der Waals surface area contributed by atoms with Crippen LogP contribution in [-0.4, -0.2) is 42.3 Å². The van der Waals surface area contributed by atoms with Crippen LogP contribution in [0.25, 0.3) is 11.0 Å². The third-order valence-electron chi connectivity index (χ3n) is 4.42. The molecule has 160 valence electrons. The zero-order chi connectivity index (χ0) is 22.1. The third kappa shape index (κ3) is 4.31. The quantitative estimate of drug-likeness (QED) is 0.639. The molecule has 11 heteroatoms. The number of carbonyl (C=O) groups excluding carboxylic acids is 1. The van der Waals surface area contributed by atoms with Crippen LogP contribution in [0.5, 0.6) is 0 Å². The maximum absolute atomic E-state index is 13.4. The van der Waals surface area contributed by atoms with Crippen molar-refractivity contribution < 1.29 is 26.4 Å². The number of aromatic nitrogens is 2. The Balaban J connectivity index is 1.84. The van der Waals surface area contributed by atoms with Gasteiger partial charge in [-0.25, -0.2) is 17.7 Å². The van der Waals surface area contributed by atoms with Crippen LogP contribution in [0.2, 0.25) is 0 Å². The highest BCUT2D eigenvalue weighted by Crippen LogP contribution is 2.31. The zero-order valence-corrected chi connectivity index (χ0v) is 17.0. The van der Waals surface area contributed by atoms with Crippen LogP contribution in [0, 0.1) is 0 Å². The maximum Gasteiger partial charge on any atom is 0.449 e. The molecule has 2 aromatic carbocycles. The summed E-state index contributed by atoms with van der Waals surface area (Å²) in [5.41, 5.74) is 0.627. The second kappa shape index (κ2) is 8.07. The topological polar surface area (TPSA) is 84.3 Å². The van der Waals surface area contributed by atoms with Crippen molar-refractivity contribution in [2.45, 2.75) is 24.2 Å². The molecule has 0 fully saturated rings. The molecule has 3 aromatic rings. The molecule has 30 heavy (non-hydrogen) atoms. The van der Waals surface area contributed by atoms with Crippen LogP contribution in [0.3, 0.4) is 0 Å². The van der Waals surface area contributed by atoms with Crippen molar-refractivity contribution in [3.05, 3.63) is 59.9 Å². The van der Waals surface area contributed by atoms with Crippen molar-refractivity contribution in [2.75, 3.05) is 14.1 Å². The SMILES string of the molecule is CN(C)S(=O)(=O)c1ccccc1CNC(=O)Cn1c(C(F)(F)F)nc2ccccc21. The fourth-order valence-corrected chi connectivity index (χ4v) is 4.06. The van der Waals surface area contributed by atoms with Gasteiger partial charge in [-0.15, -0.1) is 0 Å². The Morgan fingerprint density at radius 1 is 1.10 bits per heavy atom. The lowest BCUT2D eigenvalue weighted by Gasteiger charge is -2.16. The van der Waals surface area contributed by atoms with Crippen LogP contribution in [0.4, 0.5) is 13.2 Å². The van der Waals surface area contributed by atoms with Crippen LogP contribution in [-0.2, 0) is 34.1 Å². The van der Waals surface area contributed by atoms with E-state index in [4.69, 9.17) is 0 Å². The van der Waals surface area contributed by atoms with Crippen LogP contribution >= 0.6 is 0 Å².